The second-order valence-electron chi connectivity index (χ2n) is 0.402. The van der Waals surface area contributed by atoms with Crippen molar-refractivity contribution in [3.05, 3.63) is 0 Å². The minimum atomic E-state index is 0.000000000000000222. The Morgan fingerprint density at radius 1 is 1.50 bits per heavy atom. The van der Waals surface area contributed by atoms with Gasteiger partial charge in [-0.15, -0.1) is 0 Å². The second kappa shape index (κ2) is 10.1. The Labute approximate surface area is 80.5 Å². The fraction of sp³-hybridized carbons (Fsp3) is 0. The summed E-state index contributed by atoms with van der Waals surface area (Å²) in [5.74, 6) is 0. The molecule has 0 fully saturated rings. The number of nitrogens with two attached hydrogens (primary N) is 2. The first-order valence-corrected chi connectivity index (χ1v) is 11.6. The molecule has 0 aromatic rings. The molecular formula is CH4IKN2S. The van der Waals surface area contributed by atoms with E-state index < -0.39 is 0 Å². The number of rotatable bonds is 0. The number of hydrogen-bond acceptors (Lipinski definition) is 1. The third kappa shape index (κ3) is 36.6. The van der Waals surface area contributed by atoms with Gasteiger partial charge in [-0.2, -0.15) is 0 Å². The fourth-order valence-corrected chi connectivity index (χ4v) is 0. The normalized spacial score (nSPS) is 5.17. The second-order valence-corrected chi connectivity index (χ2v) is 0.874. The molecule has 0 aliphatic carbocycles. The topological polar surface area (TPSA) is 52.0 Å². The molecule has 0 heterocycles. The van der Waals surface area contributed by atoms with Crippen LogP contribution >= 0.6 is 23.5 Å². The van der Waals surface area contributed by atoms with E-state index in [9.17, 15) is 0 Å². The molecule has 0 radical (unpaired) electrons. The van der Waals surface area contributed by atoms with E-state index >= 15 is 0 Å². The average molecular weight is 242 g/mol. The zero-order valence-corrected chi connectivity index (χ0v) is 9.54. The molecule has 0 atom stereocenters. The van der Waals surface area contributed by atoms with E-state index in [2.05, 4.69) is 35.0 Å². The van der Waals surface area contributed by atoms with Crippen LogP contribution in [0.1, 0.15) is 0 Å². The molecule has 0 saturated carbocycles. The molecule has 0 rings (SSSR count). The summed E-state index contributed by atoms with van der Waals surface area (Å²) in [6.07, 6.45) is 0. The molecule has 0 unspecified atom stereocenters. The van der Waals surface area contributed by atoms with E-state index in [0.29, 0.717) is 0 Å². The van der Waals surface area contributed by atoms with E-state index in [4.69, 9.17) is 0 Å². The Morgan fingerprint density at radius 2 is 1.50 bits per heavy atom. The van der Waals surface area contributed by atoms with E-state index in [1.54, 1.807) is 0 Å². The van der Waals surface area contributed by atoms with Crippen molar-refractivity contribution in [2.24, 2.45) is 11.5 Å². The Hall–Kier alpha value is 2.06. The van der Waals surface area contributed by atoms with Gasteiger partial charge in [0.05, 0.1) is 0 Å². The third-order valence-electron chi connectivity index (χ3n) is 0. The van der Waals surface area contributed by atoms with Crippen molar-refractivity contribution in [3.63, 3.8) is 0 Å². The van der Waals surface area contributed by atoms with Crippen molar-refractivity contribution in [2.75, 3.05) is 0 Å². The summed E-state index contributed by atoms with van der Waals surface area (Å²) in [7, 11) is 0. The van der Waals surface area contributed by atoms with Gasteiger partial charge in [0.2, 0.25) is 0 Å². The SMILES string of the molecule is NC(N)=S.[K][I]. The molecule has 0 saturated heterocycles. The monoisotopic (exact) mass is 242 g/mol. The van der Waals surface area contributed by atoms with Crippen LogP contribution in [0.25, 0.3) is 0 Å². The first-order valence-electron chi connectivity index (χ1n) is 1.16. The summed E-state index contributed by atoms with van der Waals surface area (Å²) in [6, 6.07) is 0. The molecule has 0 bridgehead atoms. The van der Waals surface area contributed by atoms with E-state index in [0.717, 1.165) is 42.7 Å². The molecule has 0 aliphatic heterocycles. The van der Waals surface area contributed by atoms with Crippen LogP contribution in [0.4, 0.5) is 0 Å². The predicted octanol–water partition coefficient (Wildman–Crippen LogP) is -0.306. The molecule has 0 aromatic heterocycles. The summed E-state index contributed by atoms with van der Waals surface area (Å²) in [4.78, 5) is 0. The maximum atomic E-state index is 4.62. The van der Waals surface area contributed by atoms with Crippen LogP contribution in [0.2, 0.25) is 0 Å². The van der Waals surface area contributed by atoms with Crippen LogP contribution in [0, 0.1) is 0 Å². The minimum absolute atomic E-state index is 0.000000000000000222. The Bertz CT molecular complexity index is 36.5. The number of halogens is 1. The average Bonchev–Trinajstić information content (AvgIpc) is 1.41. The Kier molecular flexibility index (Phi) is 18.5. The van der Waals surface area contributed by atoms with Crippen molar-refractivity contribution in [1.29, 1.82) is 0 Å². The summed E-state index contributed by atoms with van der Waals surface area (Å²) in [5, 5.41) is 0.000000000000000222. The van der Waals surface area contributed by atoms with Gasteiger partial charge in [-0.05, 0) is 12.2 Å². The van der Waals surface area contributed by atoms with Crippen LogP contribution in [0.5, 0.6) is 0 Å². The van der Waals surface area contributed by atoms with Crippen LogP contribution in [-0.2, 0) is 0 Å². The molecule has 0 aromatic carbocycles. The quantitative estimate of drug-likeness (QED) is 0.348. The van der Waals surface area contributed by atoms with Gasteiger partial charge in [0.15, 0.2) is 5.11 Å². The maximum absolute atomic E-state index is 4.62. The van der Waals surface area contributed by atoms with Gasteiger partial charge in [-0.1, -0.05) is 0 Å². The molecule has 32 valence electrons. The van der Waals surface area contributed by atoms with Gasteiger partial charge < -0.3 is 11.5 Å². The van der Waals surface area contributed by atoms with Crippen molar-refractivity contribution in [1.82, 2.24) is 0 Å². The van der Waals surface area contributed by atoms with E-state index in [1.807, 2.05) is 0 Å². The van der Waals surface area contributed by atoms with Gasteiger partial charge in [-0.25, -0.2) is 0 Å². The zero-order valence-electron chi connectivity index (χ0n) is 3.44. The fourth-order valence-electron chi connectivity index (χ4n) is 0. The molecule has 6 heavy (non-hydrogen) atoms. The molecule has 0 spiro atoms. The summed E-state index contributed by atoms with van der Waals surface area (Å²) in [6.45, 7) is 0. The molecule has 0 aliphatic rings. The van der Waals surface area contributed by atoms with Gasteiger partial charge >= 0.3 is 54.0 Å². The Morgan fingerprint density at radius 3 is 1.50 bits per heavy atom. The van der Waals surface area contributed by atoms with E-state index in [1.165, 1.54) is 0 Å². The molecule has 0 amide bonds. The third-order valence-corrected chi connectivity index (χ3v) is 0. The summed E-state index contributed by atoms with van der Waals surface area (Å²) >= 11 is 7.46. The first-order chi connectivity index (χ1) is 2.73. The van der Waals surface area contributed by atoms with Gasteiger partial charge in [0.25, 0.3) is 0 Å². The standard InChI is InChI=1S/CH4N2S.HI.K/c2-1(3)4;;/h(H4,2,3,4);1H;/q;;+1/p-1. The van der Waals surface area contributed by atoms with Crippen LogP contribution < -0.4 is 11.5 Å². The summed E-state index contributed by atoms with van der Waals surface area (Å²) < 4.78 is 0. The molecular weight excluding hydrogens is 238 g/mol. The molecule has 2 nitrogen and oxygen atoms in total. The van der Waals surface area contributed by atoms with Crippen molar-refractivity contribution >= 4 is 71.3 Å². The van der Waals surface area contributed by atoms with Crippen LogP contribution in [0.3, 0.4) is 0 Å². The molecule has 4 N–H and O–H groups in total. The van der Waals surface area contributed by atoms with Crippen molar-refractivity contribution in [3.8, 4) is 0 Å². The zero-order chi connectivity index (χ0) is 5.58. The Balaban J connectivity index is 0. The molecule has 5 heteroatoms. The van der Waals surface area contributed by atoms with Gasteiger partial charge in [-0.3, -0.25) is 0 Å². The number of thiocarbonyl (C=S) groups is 1. The van der Waals surface area contributed by atoms with Crippen LogP contribution in [0.15, 0.2) is 0 Å². The van der Waals surface area contributed by atoms with Gasteiger partial charge in [0, 0.05) is 0 Å². The number of hydrogen-bond donors (Lipinski definition) is 2. The summed E-state index contributed by atoms with van der Waals surface area (Å²) in [5.41, 5.74) is 9.24. The first kappa shape index (κ1) is 10.9. The van der Waals surface area contributed by atoms with Crippen molar-refractivity contribution in [2.45, 2.75) is 0 Å². The van der Waals surface area contributed by atoms with E-state index in [-0.39, 0.29) is 5.11 Å². The van der Waals surface area contributed by atoms with Crippen LogP contribution in [-0.4, -0.2) is 47.8 Å². The van der Waals surface area contributed by atoms with Gasteiger partial charge in [0.1, 0.15) is 0 Å². The predicted molar refractivity (Wildman–Crippen MR) is 40.7 cm³/mol. The van der Waals surface area contributed by atoms with Crippen molar-refractivity contribution < 1.29 is 0 Å².